The minimum Gasteiger partial charge on any atom is -0.493 e. The fraction of sp³-hybridized carbons (Fsp3) is 0.562. The van der Waals surface area contributed by atoms with Gasteiger partial charge in [-0.05, 0) is 43.5 Å². The topological polar surface area (TPSA) is 59.6 Å². The van der Waals surface area contributed by atoms with Gasteiger partial charge in [-0.3, -0.25) is 4.79 Å². The van der Waals surface area contributed by atoms with Crippen LogP contribution in [0.2, 0.25) is 0 Å². The Morgan fingerprint density at radius 2 is 2.10 bits per heavy atom. The number of nitrogens with one attached hydrogen (secondary N) is 2. The van der Waals surface area contributed by atoms with E-state index in [1.807, 2.05) is 18.2 Å². The monoisotopic (exact) mass is 292 g/mol. The second kappa shape index (κ2) is 7.88. The van der Waals surface area contributed by atoms with Crippen molar-refractivity contribution >= 4 is 5.91 Å². The minimum atomic E-state index is -0.0239. The molecule has 5 nitrogen and oxygen atoms in total. The largest absolute Gasteiger partial charge is 0.493 e. The number of hydrogen-bond donors (Lipinski definition) is 2. The van der Waals surface area contributed by atoms with Crippen molar-refractivity contribution in [1.82, 2.24) is 10.6 Å². The molecule has 0 saturated carbocycles. The fourth-order valence-corrected chi connectivity index (χ4v) is 2.56. The maximum atomic E-state index is 12.0. The summed E-state index contributed by atoms with van der Waals surface area (Å²) in [5, 5.41) is 6.25. The van der Waals surface area contributed by atoms with Crippen molar-refractivity contribution in [2.75, 3.05) is 27.3 Å². The number of carbonyl (C=O) groups is 1. The molecule has 0 aliphatic carbocycles. The zero-order valence-corrected chi connectivity index (χ0v) is 12.8. The van der Waals surface area contributed by atoms with Gasteiger partial charge in [-0.15, -0.1) is 0 Å². The summed E-state index contributed by atoms with van der Waals surface area (Å²) in [6.07, 6.45) is 4.00. The van der Waals surface area contributed by atoms with E-state index in [9.17, 15) is 4.79 Å². The number of amides is 1. The Hall–Kier alpha value is -1.75. The highest BCUT2D eigenvalue weighted by atomic mass is 16.5. The first kappa shape index (κ1) is 15.6. The third-order valence-corrected chi connectivity index (χ3v) is 3.79. The Morgan fingerprint density at radius 1 is 1.29 bits per heavy atom. The molecular weight excluding hydrogens is 268 g/mol. The normalized spacial score (nSPS) is 18.1. The molecule has 1 aromatic carbocycles. The van der Waals surface area contributed by atoms with Crippen LogP contribution in [0.1, 0.15) is 24.8 Å². The number of hydrogen-bond acceptors (Lipinski definition) is 4. The Bertz CT molecular complexity index is 471. The van der Waals surface area contributed by atoms with Gasteiger partial charge in [0.25, 0.3) is 0 Å². The summed E-state index contributed by atoms with van der Waals surface area (Å²) in [6, 6.07) is 5.80. The minimum absolute atomic E-state index is 0.0239. The zero-order chi connectivity index (χ0) is 15.1. The standard InChI is InChI=1S/C16H24N2O3/c1-20-14-7-6-12(11-15(14)21-2)8-10-18-16(19)13-5-3-4-9-17-13/h6-7,11,13,17H,3-5,8-10H2,1-2H3,(H,18,19)/t13-/m1/s1. The molecule has 1 saturated heterocycles. The molecule has 1 aliphatic rings. The van der Waals surface area contributed by atoms with Crippen LogP contribution in [0.4, 0.5) is 0 Å². The van der Waals surface area contributed by atoms with Gasteiger partial charge >= 0.3 is 0 Å². The summed E-state index contributed by atoms with van der Waals surface area (Å²) < 4.78 is 10.5. The number of piperidine rings is 1. The third-order valence-electron chi connectivity index (χ3n) is 3.79. The number of carbonyl (C=O) groups excluding carboxylic acids is 1. The molecular formula is C16H24N2O3. The van der Waals surface area contributed by atoms with Crippen LogP contribution in [-0.4, -0.2) is 39.3 Å². The Morgan fingerprint density at radius 3 is 2.76 bits per heavy atom. The van der Waals surface area contributed by atoms with Gasteiger partial charge in [0.15, 0.2) is 11.5 Å². The summed E-state index contributed by atoms with van der Waals surface area (Å²) in [5.41, 5.74) is 1.12. The summed E-state index contributed by atoms with van der Waals surface area (Å²) >= 11 is 0. The van der Waals surface area contributed by atoms with E-state index in [1.54, 1.807) is 14.2 Å². The first-order chi connectivity index (χ1) is 10.2. The highest BCUT2D eigenvalue weighted by Gasteiger charge is 2.19. The lowest BCUT2D eigenvalue weighted by molar-refractivity contribution is -0.123. The fourth-order valence-electron chi connectivity index (χ4n) is 2.56. The van der Waals surface area contributed by atoms with Gasteiger partial charge in [0.05, 0.1) is 20.3 Å². The first-order valence-corrected chi connectivity index (χ1v) is 7.46. The molecule has 1 amide bonds. The van der Waals surface area contributed by atoms with Gasteiger partial charge in [-0.1, -0.05) is 12.5 Å². The lowest BCUT2D eigenvalue weighted by Crippen LogP contribution is -2.47. The van der Waals surface area contributed by atoms with Crippen molar-refractivity contribution in [1.29, 1.82) is 0 Å². The van der Waals surface area contributed by atoms with E-state index in [0.29, 0.717) is 6.54 Å². The molecule has 0 spiro atoms. The summed E-state index contributed by atoms with van der Waals surface area (Å²) in [5.74, 6) is 1.54. The SMILES string of the molecule is COc1ccc(CCNC(=O)[C@H]2CCCCN2)cc1OC. The van der Waals surface area contributed by atoms with E-state index in [2.05, 4.69) is 10.6 Å². The maximum absolute atomic E-state index is 12.0. The number of methoxy groups -OCH3 is 2. The van der Waals surface area contributed by atoms with Gasteiger partial charge in [-0.25, -0.2) is 0 Å². The summed E-state index contributed by atoms with van der Waals surface area (Å²) in [6.45, 7) is 1.57. The van der Waals surface area contributed by atoms with Gasteiger partial charge in [-0.2, -0.15) is 0 Å². The van der Waals surface area contributed by atoms with Gasteiger partial charge < -0.3 is 20.1 Å². The van der Waals surface area contributed by atoms with Crippen molar-refractivity contribution in [3.8, 4) is 11.5 Å². The van der Waals surface area contributed by atoms with Crippen molar-refractivity contribution in [2.24, 2.45) is 0 Å². The highest BCUT2D eigenvalue weighted by molar-refractivity contribution is 5.81. The maximum Gasteiger partial charge on any atom is 0.237 e. The van der Waals surface area contributed by atoms with E-state index in [-0.39, 0.29) is 11.9 Å². The van der Waals surface area contributed by atoms with Crippen LogP contribution >= 0.6 is 0 Å². The zero-order valence-electron chi connectivity index (χ0n) is 12.8. The Kier molecular flexibility index (Phi) is 5.87. The number of rotatable bonds is 6. The quantitative estimate of drug-likeness (QED) is 0.834. The van der Waals surface area contributed by atoms with E-state index in [4.69, 9.17) is 9.47 Å². The molecule has 0 bridgehead atoms. The molecule has 1 aromatic rings. The van der Waals surface area contributed by atoms with Crippen LogP contribution in [0.25, 0.3) is 0 Å². The Balaban J connectivity index is 1.81. The van der Waals surface area contributed by atoms with Gasteiger partial charge in [0, 0.05) is 6.54 Å². The smallest absolute Gasteiger partial charge is 0.237 e. The average Bonchev–Trinajstić information content (AvgIpc) is 2.55. The van der Waals surface area contributed by atoms with Crippen LogP contribution in [0.15, 0.2) is 18.2 Å². The van der Waals surface area contributed by atoms with Gasteiger partial charge in [0.2, 0.25) is 5.91 Å². The van der Waals surface area contributed by atoms with E-state index >= 15 is 0 Å². The predicted molar refractivity (Wildman–Crippen MR) is 81.9 cm³/mol. The van der Waals surface area contributed by atoms with Crippen LogP contribution in [-0.2, 0) is 11.2 Å². The molecule has 1 atom stereocenters. The number of ether oxygens (including phenoxy) is 2. The van der Waals surface area contributed by atoms with Crippen LogP contribution in [0, 0.1) is 0 Å². The lowest BCUT2D eigenvalue weighted by Gasteiger charge is -2.22. The summed E-state index contributed by atoms with van der Waals surface area (Å²) in [4.78, 5) is 12.0. The third kappa shape index (κ3) is 4.36. The molecule has 2 rings (SSSR count). The molecule has 116 valence electrons. The van der Waals surface area contributed by atoms with Crippen LogP contribution in [0.5, 0.6) is 11.5 Å². The molecule has 0 aromatic heterocycles. The van der Waals surface area contributed by atoms with Gasteiger partial charge in [0.1, 0.15) is 0 Å². The molecule has 1 aliphatic heterocycles. The second-order valence-electron chi connectivity index (χ2n) is 5.23. The second-order valence-corrected chi connectivity index (χ2v) is 5.23. The van der Waals surface area contributed by atoms with Crippen molar-refractivity contribution < 1.29 is 14.3 Å². The lowest BCUT2D eigenvalue weighted by atomic mass is 10.0. The van der Waals surface area contributed by atoms with Crippen LogP contribution in [0.3, 0.4) is 0 Å². The van der Waals surface area contributed by atoms with Crippen molar-refractivity contribution in [2.45, 2.75) is 31.7 Å². The predicted octanol–water partition coefficient (Wildman–Crippen LogP) is 1.50. The average molecular weight is 292 g/mol. The van der Waals surface area contributed by atoms with E-state index in [1.165, 1.54) is 0 Å². The van der Waals surface area contributed by atoms with E-state index < -0.39 is 0 Å². The summed E-state index contributed by atoms with van der Waals surface area (Å²) in [7, 11) is 3.24. The van der Waals surface area contributed by atoms with Crippen molar-refractivity contribution in [3.63, 3.8) is 0 Å². The number of benzene rings is 1. The van der Waals surface area contributed by atoms with E-state index in [0.717, 1.165) is 49.3 Å². The Labute approximate surface area is 126 Å². The molecule has 2 N–H and O–H groups in total. The molecule has 0 unspecified atom stereocenters. The molecule has 0 radical (unpaired) electrons. The molecule has 1 fully saturated rings. The molecule has 21 heavy (non-hydrogen) atoms. The highest BCUT2D eigenvalue weighted by Crippen LogP contribution is 2.27. The molecule has 1 heterocycles. The van der Waals surface area contributed by atoms with Crippen molar-refractivity contribution in [3.05, 3.63) is 23.8 Å². The van der Waals surface area contributed by atoms with Crippen LogP contribution < -0.4 is 20.1 Å². The first-order valence-electron chi connectivity index (χ1n) is 7.46. The molecule has 5 heteroatoms.